The summed E-state index contributed by atoms with van der Waals surface area (Å²) in [5.41, 5.74) is 0.236. The van der Waals surface area contributed by atoms with E-state index >= 15 is 0 Å². The normalized spacial score (nSPS) is 14.2. The van der Waals surface area contributed by atoms with Gasteiger partial charge in [0.25, 0.3) is 0 Å². The lowest BCUT2D eigenvalue weighted by atomic mass is 10.3. The van der Waals surface area contributed by atoms with E-state index in [1.807, 2.05) is 0 Å². The highest BCUT2D eigenvalue weighted by molar-refractivity contribution is 8.39. The first kappa shape index (κ1) is 15.1. The molecule has 1 N–H and O–H groups in total. The summed E-state index contributed by atoms with van der Waals surface area (Å²) in [6, 6.07) is 6.10. The number of nitrogens with one attached hydrogen (secondary N) is 1. The van der Waals surface area contributed by atoms with E-state index in [1.165, 1.54) is 23.9 Å². The minimum atomic E-state index is -2.92. The summed E-state index contributed by atoms with van der Waals surface area (Å²) in [7, 11) is 0. The number of para-hydroxylation sites is 2. The van der Waals surface area contributed by atoms with Crippen LogP contribution in [-0.2, 0) is 4.79 Å². The zero-order valence-corrected chi connectivity index (χ0v) is 12.0. The third-order valence-corrected chi connectivity index (χ3v) is 4.51. The molecule has 2 rings (SSSR count). The maximum atomic E-state index is 12.2. The van der Waals surface area contributed by atoms with Crippen LogP contribution in [-0.4, -0.2) is 34.9 Å². The van der Waals surface area contributed by atoms with E-state index in [0.717, 1.165) is 16.7 Å². The molecule has 0 fully saturated rings. The molecule has 4 nitrogen and oxygen atoms in total. The molecule has 0 bridgehead atoms. The van der Waals surface area contributed by atoms with Gasteiger partial charge in [0, 0.05) is 5.75 Å². The molecule has 0 aliphatic carbocycles. The average Bonchev–Trinajstić information content (AvgIpc) is 2.91. The minimum absolute atomic E-state index is 0.0477. The second-order valence-corrected chi connectivity index (χ2v) is 6.01. The molecule has 20 heavy (non-hydrogen) atoms. The Morgan fingerprint density at radius 3 is 3.00 bits per heavy atom. The minimum Gasteiger partial charge on any atom is -0.433 e. The second-order valence-electron chi connectivity index (χ2n) is 3.71. The van der Waals surface area contributed by atoms with Crippen LogP contribution in [0, 0.1) is 0 Å². The van der Waals surface area contributed by atoms with Crippen LogP contribution in [0.3, 0.4) is 0 Å². The SMILES string of the molecule is O=C(CSC1=NCCS1)Nc1ccccc1OC(F)F. The fourth-order valence-electron chi connectivity index (χ4n) is 1.49. The number of hydrogen-bond acceptors (Lipinski definition) is 5. The van der Waals surface area contributed by atoms with Crippen LogP contribution >= 0.6 is 23.5 Å². The number of carbonyl (C=O) groups is 1. The Bertz CT molecular complexity index is 512. The third-order valence-electron chi connectivity index (χ3n) is 2.26. The van der Waals surface area contributed by atoms with Crippen molar-refractivity contribution in [3.63, 3.8) is 0 Å². The van der Waals surface area contributed by atoms with E-state index in [1.54, 1.807) is 23.9 Å². The average molecular weight is 318 g/mol. The molecule has 1 aromatic carbocycles. The first-order chi connectivity index (χ1) is 9.65. The molecule has 1 heterocycles. The molecule has 8 heteroatoms. The molecule has 1 aromatic rings. The predicted molar refractivity (Wildman–Crippen MR) is 78.9 cm³/mol. The van der Waals surface area contributed by atoms with Gasteiger partial charge in [-0.3, -0.25) is 9.79 Å². The van der Waals surface area contributed by atoms with Crippen molar-refractivity contribution in [2.75, 3.05) is 23.4 Å². The number of alkyl halides is 2. The first-order valence-corrected chi connectivity index (χ1v) is 7.76. The number of benzene rings is 1. The summed E-state index contributed by atoms with van der Waals surface area (Å²) in [6.45, 7) is -2.15. The zero-order valence-electron chi connectivity index (χ0n) is 10.3. The highest BCUT2D eigenvalue weighted by Crippen LogP contribution is 2.26. The zero-order chi connectivity index (χ0) is 14.4. The Hall–Kier alpha value is -1.28. The van der Waals surface area contributed by atoms with Gasteiger partial charge >= 0.3 is 6.61 Å². The van der Waals surface area contributed by atoms with E-state index < -0.39 is 6.61 Å². The van der Waals surface area contributed by atoms with Crippen LogP contribution < -0.4 is 10.1 Å². The highest BCUT2D eigenvalue weighted by atomic mass is 32.2. The number of nitrogens with zero attached hydrogens (tertiary/aromatic N) is 1. The number of aliphatic imine (C=N–C) groups is 1. The molecule has 0 spiro atoms. The van der Waals surface area contributed by atoms with Gasteiger partial charge in [-0.1, -0.05) is 35.7 Å². The summed E-state index contributed by atoms with van der Waals surface area (Å²) in [6.07, 6.45) is 0. The van der Waals surface area contributed by atoms with E-state index in [0.29, 0.717) is 0 Å². The van der Waals surface area contributed by atoms with Crippen molar-refractivity contribution in [3.05, 3.63) is 24.3 Å². The Morgan fingerprint density at radius 1 is 1.50 bits per heavy atom. The summed E-state index contributed by atoms with van der Waals surface area (Å²) in [4.78, 5) is 16.0. The van der Waals surface area contributed by atoms with Crippen LogP contribution in [0.2, 0.25) is 0 Å². The summed E-state index contributed by atoms with van der Waals surface area (Å²) in [5, 5.41) is 2.56. The molecular weight excluding hydrogens is 306 g/mol. The van der Waals surface area contributed by atoms with E-state index in [-0.39, 0.29) is 23.1 Å². The van der Waals surface area contributed by atoms with Crippen molar-refractivity contribution in [2.45, 2.75) is 6.61 Å². The molecule has 108 valence electrons. The summed E-state index contributed by atoms with van der Waals surface area (Å²) >= 11 is 2.95. The van der Waals surface area contributed by atoms with Crippen molar-refractivity contribution in [1.82, 2.24) is 0 Å². The van der Waals surface area contributed by atoms with Gasteiger partial charge in [-0.25, -0.2) is 0 Å². The van der Waals surface area contributed by atoms with Crippen LogP contribution in [0.1, 0.15) is 0 Å². The summed E-state index contributed by atoms with van der Waals surface area (Å²) in [5.74, 6) is 0.799. The molecule has 0 radical (unpaired) electrons. The molecule has 0 atom stereocenters. The number of thioether (sulfide) groups is 2. The van der Waals surface area contributed by atoms with Gasteiger partial charge in [0.15, 0.2) is 0 Å². The molecule has 0 aromatic heterocycles. The van der Waals surface area contributed by atoms with Gasteiger partial charge in [-0.05, 0) is 12.1 Å². The maximum Gasteiger partial charge on any atom is 0.387 e. The number of hydrogen-bond donors (Lipinski definition) is 1. The lowest BCUT2D eigenvalue weighted by Crippen LogP contribution is -2.16. The van der Waals surface area contributed by atoms with Gasteiger partial charge in [0.1, 0.15) is 10.1 Å². The Balaban J connectivity index is 1.90. The van der Waals surface area contributed by atoms with E-state index in [4.69, 9.17) is 0 Å². The standard InChI is InChI=1S/C12H12F2N2O2S2/c13-11(14)18-9-4-2-1-3-8(9)16-10(17)7-20-12-15-5-6-19-12/h1-4,11H,5-7H2,(H,16,17). The molecule has 0 saturated carbocycles. The maximum absolute atomic E-state index is 12.2. The van der Waals surface area contributed by atoms with Crippen LogP contribution in [0.4, 0.5) is 14.5 Å². The highest BCUT2D eigenvalue weighted by Gasteiger charge is 2.13. The number of anilines is 1. The number of amides is 1. The Kier molecular flexibility index (Phi) is 5.66. The van der Waals surface area contributed by atoms with E-state index in [9.17, 15) is 13.6 Å². The molecule has 1 amide bonds. The lowest BCUT2D eigenvalue weighted by Gasteiger charge is -2.11. The Morgan fingerprint density at radius 2 is 2.30 bits per heavy atom. The molecule has 0 unspecified atom stereocenters. The number of rotatable bonds is 5. The topological polar surface area (TPSA) is 50.7 Å². The third kappa shape index (κ3) is 4.68. The van der Waals surface area contributed by atoms with Crippen molar-refractivity contribution in [1.29, 1.82) is 0 Å². The van der Waals surface area contributed by atoms with Crippen molar-refractivity contribution >= 4 is 39.5 Å². The van der Waals surface area contributed by atoms with Crippen LogP contribution in [0.5, 0.6) is 5.75 Å². The predicted octanol–water partition coefficient (Wildman–Crippen LogP) is 3.06. The van der Waals surface area contributed by atoms with Gasteiger partial charge in [0.2, 0.25) is 5.91 Å². The largest absolute Gasteiger partial charge is 0.433 e. The quantitative estimate of drug-likeness (QED) is 0.906. The van der Waals surface area contributed by atoms with Crippen LogP contribution in [0.15, 0.2) is 29.3 Å². The molecular formula is C12H12F2N2O2S2. The number of halogens is 2. The van der Waals surface area contributed by atoms with Gasteiger partial charge in [-0.2, -0.15) is 8.78 Å². The molecule has 0 saturated heterocycles. The molecule has 1 aliphatic heterocycles. The summed E-state index contributed by atoms with van der Waals surface area (Å²) < 4.78 is 29.7. The smallest absolute Gasteiger partial charge is 0.387 e. The fraction of sp³-hybridized carbons (Fsp3) is 0.333. The lowest BCUT2D eigenvalue weighted by molar-refractivity contribution is -0.113. The van der Waals surface area contributed by atoms with E-state index in [2.05, 4.69) is 15.0 Å². The van der Waals surface area contributed by atoms with Crippen molar-refractivity contribution in [3.8, 4) is 5.75 Å². The van der Waals surface area contributed by atoms with Crippen molar-refractivity contribution in [2.24, 2.45) is 4.99 Å². The van der Waals surface area contributed by atoms with Gasteiger partial charge in [0.05, 0.1) is 18.0 Å². The Labute approximate surface area is 123 Å². The fourth-order valence-corrected chi connectivity index (χ4v) is 3.29. The number of ether oxygens (including phenoxy) is 1. The second kappa shape index (κ2) is 7.49. The monoisotopic (exact) mass is 318 g/mol. The van der Waals surface area contributed by atoms with Gasteiger partial charge < -0.3 is 10.1 Å². The first-order valence-electron chi connectivity index (χ1n) is 5.79. The van der Waals surface area contributed by atoms with Crippen molar-refractivity contribution < 1.29 is 18.3 Å². The number of carbonyl (C=O) groups excluding carboxylic acids is 1. The molecule has 1 aliphatic rings. The van der Waals surface area contributed by atoms with Crippen LogP contribution in [0.25, 0.3) is 0 Å². The van der Waals surface area contributed by atoms with Gasteiger partial charge in [-0.15, -0.1) is 0 Å².